The van der Waals surface area contributed by atoms with E-state index in [-0.39, 0.29) is 18.1 Å². The highest BCUT2D eigenvalue weighted by Gasteiger charge is 2.37. The third-order valence-corrected chi connectivity index (χ3v) is 7.08. The molecule has 0 radical (unpaired) electrons. The molecule has 3 aromatic carbocycles. The Labute approximate surface area is 210 Å². The van der Waals surface area contributed by atoms with Crippen LogP contribution in [-0.2, 0) is 10.2 Å². The van der Waals surface area contributed by atoms with E-state index in [0.717, 1.165) is 23.1 Å². The van der Waals surface area contributed by atoms with Crippen molar-refractivity contribution in [2.24, 2.45) is 4.99 Å². The zero-order valence-electron chi connectivity index (χ0n) is 21.5. The van der Waals surface area contributed by atoms with Crippen molar-refractivity contribution >= 4 is 22.7 Å². The third-order valence-electron chi connectivity index (χ3n) is 7.08. The number of aryl methyl sites for hydroxylation is 1. The molecule has 184 valence electrons. The van der Waals surface area contributed by atoms with E-state index in [0.29, 0.717) is 18.7 Å². The van der Waals surface area contributed by atoms with Crippen LogP contribution in [0.3, 0.4) is 0 Å². The van der Waals surface area contributed by atoms with Gasteiger partial charge in [-0.05, 0) is 52.8 Å². The van der Waals surface area contributed by atoms with Gasteiger partial charge < -0.3 is 14.7 Å². The standard InChI is InChI=1S/C31H38N2O2/c1-23-11-7-10-14-29(23)24(2)25(3)32-22-33(5)30(17-20-35-6)31(4,18-19-34)28-16-15-26-12-8-9-13-27(26)21-28/h7-16,21-22,30,34H,2-3,17-20H2,1,4-6H3/b32-22-. The number of likely N-dealkylation sites (N-methyl/N-ethyl adjacent to an activating group) is 1. The van der Waals surface area contributed by atoms with Crippen molar-refractivity contribution < 1.29 is 9.84 Å². The number of benzene rings is 3. The lowest BCUT2D eigenvalue weighted by Crippen LogP contribution is -2.48. The van der Waals surface area contributed by atoms with Gasteiger partial charge in [0.15, 0.2) is 0 Å². The number of rotatable bonds is 12. The Morgan fingerprint density at radius 3 is 2.46 bits per heavy atom. The molecule has 0 aromatic heterocycles. The average Bonchev–Trinajstić information content (AvgIpc) is 2.87. The van der Waals surface area contributed by atoms with Crippen LogP contribution in [0, 0.1) is 6.92 Å². The number of allylic oxidation sites excluding steroid dienone is 1. The highest BCUT2D eigenvalue weighted by molar-refractivity contribution is 5.83. The summed E-state index contributed by atoms with van der Waals surface area (Å²) in [5, 5.41) is 12.5. The molecule has 3 aromatic rings. The van der Waals surface area contributed by atoms with E-state index in [9.17, 15) is 5.11 Å². The van der Waals surface area contributed by atoms with Gasteiger partial charge in [-0.15, -0.1) is 0 Å². The van der Waals surface area contributed by atoms with Crippen molar-refractivity contribution in [2.75, 3.05) is 27.4 Å². The summed E-state index contributed by atoms with van der Waals surface area (Å²) < 4.78 is 5.47. The van der Waals surface area contributed by atoms with E-state index < -0.39 is 0 Å². The Balaban J connectivity index is 1.92. The van der Waals surface area contributed by atoms with Crippen LogP contribution in [-0.4, -0.2) is 49.8 Å². The first-order chi connectivity index (χ1) is 16.8. The molecule has 0 amide bonds. The van der Waals surface area contributed by atoms with E-state index in [4.69, 9.17) is 9.73 Å². The number of aliphatic hydroxyl groups excluding tert-OH is 1. The third kappa shape index (κ3) is 6.08. The maximum Gasteiger partial charge on any atom is 0.0912 e. The average molecular weight is 471 g/mol. The number of hydrogen-bond donors (Lipinski definition) is 1. The van der Waals surface area contributed by atoms with Crippen LogP contribution in [0.25, 0.3) is 16.3 Å². The van der Waals surface area contributed by atoms with Gasteiger partial charge in [0, 0.05) is 38.8 Å². The van der Waals surface area contributed by atoms with E-state index in [1.54, 1.807) is 7.11 Å². The number of aliphatic hydroxyl groups is 1. The smallest absolute Gasteiger partial charge is 0.0912 e. The van der Waals surface area contributed by atoms with E-state index in [1.165, 1.54) is 16.3 Å². The molecule has 0 aliphatic carbocycles. The largest absolute Gasteiger partial charge is 0.396 e. The van der Waals surface area contributed by atoms with Gasteiger partial charge in [-0.3, -0.25) is 0 Å². The molecule has 0 spiro atoms. The number of aliphatic imine (C=N–C) groups is 1. The first-order valence-corrected chi connectivity index (χ1v) is 12.1. The van der Waals surface area contributed by atoms with Crippen LogP contribution in [0.1, 0.15) is 36.5 Å². The molecule has 1 N–H and O–H groups in total. The Morgan fingerprint density at radius 2 is 1.77 bits per heavy atom. The van der Waals surface area contributed by atoms with Crippen LogP contribution in [0.2, 0.25) is 0 Å². The highest BCUT2D eigenvalue weighted by atomic mass is 16.5. The second kappa shape index (κ2) is 12.0. The Morgan fingerprint density at radius 1 is 1.09 bits per heavy atom. The molecule has 0 fully saturated rings. The van der Waals surface area contributed by atoms with Crippen molar-refractivity contribution in [2.45, 2.75) is 38.1 Å². The predicted molar refractivity (Wildman–Crippen MR) is 149 cm³/mol. The van der Waals surface area contributed by atoms with Crippen LogP contribution >= 0.6 is 0 Å². The normalized spacial score (nSPS) is 14.1. The molecule has 2 atom stereocenters. The van der Waals surface area contributed by atoms with Gasteiger partial charge in [0.2, 0.25) is 0 Å². The van der Waals surface area contributed by atoms with Crippen molar-refractivity contribution in [3.63, 3.8) is 0 Å². The van der Waals surface area contributed by atoms with Crippen LogP contribution < -0.4 is 0 Å². The van der Waals surface area contributed by atoms with Gasteiger partial charge >= 0.3 is 0 Å². The molecule has 4 heteroatoms. The Bertz CT molecular complexity index is 1200. The maximum absolute atomic E-state index is 10.1. The molecule has 3 rings (SSSR count). The number of ether oxygens (including phenoxy) is 1. The summed E-state index contributed by atoms with van der Waals surface area (Å²) in [5.74, 6) is 0. The number of fused-ring (bicyclic) bond motifs is 1. The van der Waals surface area contributed by atoms with Gasteiger partial charge in [-0.25, -0.2) is 4.99 Å². The van der Waals surface area contributed by atoms with Gasteiger partial charge in [0.05, 0.1) is 12.0 Å². The SMILES string of the molecule is C=C(/N=C\N(C)C(CCOC)C(C)(CCO)c1ccc2ccccc2c1)C(=C)c1ccccc1C. The highest BCUT2D eigenvalue weighted by Crippen LogP contribution is 2.37. The molecule has 2 unspecified atom stereocenters. The minimum absolute atomic E-state index is 0.0408. The minimum Gasteiger partial charge on any atom is -0.396 e. The van der Waals surface area contributed by atoms with Gasteiger partial charge in [-0.2, -0.15) is 0 Å². The van der Waals surface area contributed by atoms with Crippen LogP contribution in [0.5, 0.6) is 0 Å². The molecule has 0 saturated heterocycles. The monoisotopic (exact) mass is 470 g/mol. The number of hydrogen-bond acceptors (Lipinski definition) is 3. The summed E-state index contributed by atoms with van der Waals surface area (Å²) in [5.41, 5.74) is 4.50. The van der Waals surface area contributed by atoms with E-state index >= 15 is 0 Å². The van der Waals surface area contributed by atoms with Crippen LogP contribution in [0.4, 0.5) is 0 Å². The summed E-state index contributed by atoms with van der Waals surface area (Å²) in [6.07, 6.45) is 3.24. The fourth-order valence-corrected chi connectivity index (χ4v) is 4.87. The second-order valence-corrected chi connectivity index (χ2v) is 9.40. The fourth-order valence-electron chi connectivity index (χ4n) is 4.87. The van der Waals surface area contributed by atoms with Gasteiger partial charge in [-0.1, -0.05) is 86.8 Å². The molecular weight excluding hydrogens is 432 g/mol. The molecule has 4 nitrogen and oxygen atoms in total. The lowest BCUT2D eigenvalue weighted by atomic mass is 9.71. The summed E-state index contributed by atoms with van der Waals surface area (Å²) in [6.45, 7) is 13.4. The second-order valence-electron chi connectivity index (χ2n) is 9.40. The molecular formula is C31H38N2O2. The summed E-state index contributed by atoms with van der Waals surface area (Å²) in [4.78, 5) is 6.82. The first-order valence-electron chi connectivity index (χ1n) is 12.1. The molecule has 0 aliphatic rings. The Kier molecular flexibility index (Phi) is 9.02. The first kappa shape index (κ1) is 26.4. The van der Waals surface area contributed by atoms with Crippen molar-refractivity contribution in [1.29, 1.82) is 0 Å². The quantitative estimate of drug-likeness (QED) is 0.190. The fraction of sp³-hybridized carbons (Fsp3) is 0.323. The van der Waals surface area contributed by atoms with Crippen molar-refractivity contribution in [1.82, 2.24) is 4.90 Å². The number of methoxy groups -OCH3 is 1. The summed E-state index contributed by atoms with van der Waals surface area (Å²) in [6, 6.07) is 23.1. The van der Waals surface area contributed by atoms with E-state index in [1.807, 2.05) is 31.6 Å². The number of nitrogens with zero attached hydrogens (tertiary/aromatic N) is 2. The summed E-state index contributed by atoms with van der Waals surface area (Å²) in [7, 11) is 3.75. The zero-order chi connectivity index (χ0) is 25.4. The predicted octanol–water partition coefficient (Wildman–Crippen LogP) is 6.38. The Hall–Kier alpha value is -3.21. The lowest BCUT2D eigenvalue weighted by Gasteiger charge is -2.42. The topological polar surface area (TPSA) is 45.1 Å². The molecule has 0 heterocycles. The van der Waals surface area contributed by atoms with Crippen molar-refractivity contribution in [3.05, 3.63) is 102 Å². The zero-order valence-corrected chi connectivity index (χ0v) is 21.5. The molecule has 0 saturated carbocycles. The maximum atomic E-state index is 10.1. The van der Waals surface area contributed by atoms with Gasteiger partial charge in [0.25, 0.3) is 0 Å². The molecule has 0 bridgehead atoms. The molecule has 35 heavy (non-hydrogen) atoms. The molecule has 0 aliphatic heterocycles. The minimum atomic E-state index is -0.327. The lowest BCUT2D eigenvalue weighted by molar-refractivity contribution is 0.122. The van der Waals surface area contributed by atoms with E-state index in [2.05, 4.69) is 80.4 Å². The van der Waals surface area contributed by atoms with Gasteiger partial charge in [0.1, 0.15) is 0 Å². The van der Waals surface area contributed by atoms with Crippen molar-refractivity contribution in [3.8, 4) is 0 Å². The van der Waals surface area contributed by atoms with Crippen LogP contribution in [0.15, 0.2) is 90.6 Å². The summed E-state index contributed by atoms with van der Waals surface area (Å²) >= 11 is 0.